The van der Waals surface area contributed by atoms with E-state index in [1.165, 1.54) is 16.7 Å². The smallest absolute Gasteiger partial charge is 0.0234 e. The summed E-state index contributed by atoms with van der Waals surface area (Å²) in [4.78, 5) is 0.534. The minimum Gasteiger partial charge on any atom is -0.0881 e. The molecule has 1 aromatic rings. The lowest BCUT2D eigenvalue weighted by Gasteiger charge is -2.25. The van der Waals surface area contributed by atoms with Crippen molar-refractivity contribution in [1.82, 2.24) is 0 Å². The summed E-state index contributed by atoms with van der Waals surface area (Å²) in [6.45, 7) is 11.2. The zero-order valence-corrected chi connectivity index (χ0v) is 12.0. The molecule has 1 rings (SSSR count). The molecule has 0 saturated heterocycles. The van der Waals surface area contributed by atoms with Gasteiger partial charge in [-0.1, -0.05) is 54.9 Å². The van der Waals surface area contributed by atoms with Crippen LogP contribution in [0.2, 0.25) is 0 Å². The summed E-state index contributed by atoms with van der Waals surface area (Å²) in [5, 5.41) is 0. The molecular weight excluding hydrogens is 248 g/mol. The molecule has 0 aromatic heterocycles. The van der Waals surface area contributed by atoms with Gasteiger partial charge >= 0.3 is 0 Å². The number of hydrogen-bond acceptors (Lipinski definition) is 0. The van der Waals surface area contributed by atoms with Gasteiger partial charge < -0.3 is 0 Å². The lowest BCUT2D eigenvalue weighted by Crippen LogP contribution is -2.22. The summed E-state index contributed by atoms with van der Waals surface area (Å²) in [6, 6.07) is 6.75. The van der Waals surface area contributed by atoms with Crippen molar-refractivity contribution in [3.8, 4) is 0 Å². The van der Waals surface area contributed by atoms with E-state index in [-0.39, 0.29) is 0 Å². The number of benzene rings is 1. The maximum absolute atomic E-state index is 3.78. The summed E-state index contributed by atoms with van der Waals surface area (Å²) in [5.41, 5.74) is 4.51. The van der Waals surface area contributed by atoms with Crippen LogP contribution in [0.3, 0.4) is 0 Å². The molecule has 0 aliphatic carbocycles. The van der Waals surface area contributed by atoms with E-state index in [4.69, 9.17) is 0 Å². The minimum absolute atomic E-state index is 0.318. The summed E-state index contributed by atoms with van der Waals surface area (Å²) < 4.78 is 0. The summed E-state index contributed by atoms with van der Waals surface area (Å²) in [5.74, 6) is 0. The first-order chi connectivity index (χ1) is 6.80. The summed E-state index contributed by atoms with van der Waals surface area (Å²) in [6.07, 6.45) is 1.10. The van der Waals surface area contributed by atoms with E-state index >= 15 is 0 Å². The molecule has 0 amide bonds. The highest BCUT2D eigenvalue weighted by Crippen LogP contribution is 2.29. The molecule has 0 radical (unpaired) electrons. The van der Waals surface area contributed by atoms with Crippen LogP contribution >= 0.6 is 15.9 Å². The van der Waals surface area contributed by atoms with E-state index in [1.54, 1.807) is 0 Å². The molecule has 0 fully saturated rings. The van der Waals surface area contributed by atoms with Gasteiger partial charge in [-0.2, -0.15) is 0 Å². The average molecular weight is 269 g/mol. The number of aryl methyl sites for hydroxylation is 2. The van der Waals surface area contributed by atoms with Gasteiger partial charge in [0.25, 0.3) is 0 Å². The second-order valence-electron chi connectivity index (χ2n) is 5.46. The molecular formula is C14H21Br. The Hall–Kier alpha value is -0.300. The van der Waals surface area contributed by atoms with Crippen molar-refractivity contribution in [1.29, 1.82) is 0 Å². The van der Waals surface area contributed by atoms with Gasteiger partial charge in [0.1, 0.15) is 0 Å². The normalized spacial score (nSPS) is 14.0. The van der Waals surface area contributed by atoms with Crippen LogP contribution in [0.5, 0.6) is 0 Å². The lowest BCUT2D eigenvalue weighted by molar-refractivity contribution is 0.398. The first kappa shape index (κ1) is 12.8. The zero-order valence-electron chi connectivity index (χ0n) is 10.4. The number of hydrogen-bond donors (Lipinski definition) is 0. The predicted molar refractivity (Wildman–Crippen MR) is 71.8 cm³/mol. The third-order valence-corrected chi connectivity index (χ3v) is 4.62. The Balaban J connectivity index is 2.78. The van der Waals surface area contributed by atoms with E-state index in [0.717, 1.165) is 6.42 Å². The first-order valence-corrected chi connectivity index (χ1v) is 6.42. The lowest BCUT2D eigenvalue weighted by atomic mass is 9.88. The third kappa shape index (κ3) is 3.64. The Morgan fingerprint density at radius 3 is 2.20 bits per heavy atom. The van der Waals surface area contributed by atoms with Crippen molar-refractivity contribution in [2.75, 3.05) is 0 Å². The van der Waals surface area contributed by atoms with Crippen LogP contribution in [-0.2, 0) is 6.42 Å². The van der Waals surface area contributed by atoms with Crippen molar-refractivity contribution < 1.29 is 0 Å². The second kappa shape index (κ2) is 4.69. The Bertz CT molecular complexity index is 334. The van der Waals surface area contributed by atoms with Crippen molar-refractivity contribution in [3.05, 3.63) is 34.9 Å². The SMILES string of the molecule is Cc1ccc(CC(Br)C(C)(C)C)cc1C. The van der Waals surface area contributed by atoms with Gasteiger partial charge in [-0.05, 0) is 42.4 Å². The number of alkyl halides is 1. The molecule has 1 unspecified atom stereocenters. The van der Waals surface area contributed by atoms with E-state index in [9.17, 15) is 0 Å². The fraction of sp³-hybridized carbons (Fsp3) is 0.571. The largest absolute Gasteiger partial charge is 0.0881 e. The zero-order chi connectivity index (χ0) is 11.6. The van der Waals surface area contributed by atoms with Gasteiger partial charge in [-0.15, -0.1) is 0 Å². The molecule has 0 bridgehead atoms. The average Bonchev–Trinajstić information content (AvgIpc) is 2.10. The van der Waals surface area contributed by atoms with Gasteiger partial charge in [-0.3, -0.25) is 0 Å². The molecule has 0 nitrogen and oxygen atoms in total. The summed E-state index contributed by atoms with van der Waals surface area (Å²) in [7, 11) is 0. The van der Waals surface area contributed by atoms with E-state index in [2.05, 4.69) is 68.7 Å². The molecule has 1 aromatic carbocycles. The van der Waals surface area contributed by atoms with E-state index in [0.29, 0.717) is 10.2 Å². The number of rotatable bonds is 2. The van der Waals surface area contributed by atoms with Crippen LogP contribution in [0, 0.1) is 19.3 Å². The Labute approximate surface area is 102 Å². The molecule has 84 valence electrons. The monoisotopic (exact) mass is 268 g/mol. The quantitative estimate of drug-likeness (QED) is 0.685. The topological polar surface area (TPSA) is 0 Å². The van der Waals surface area contributed by atoms with Crippen LogP contribution in [0.4, 0.5) is 0 Å². The van der Waals surface area contributed by atoms with Gasteiger partial charge in [0, 0.05) is 4.83 Å². The van der Waals surface area contributed by atoms with Crippen molar-refractivity contribution >= 4 is 15.9 Å². The first-order valence-electron chi connectivity index (χ1n) is 5.51. The standard InChI is InChI=1S/C14H21Br/c1-10-6-7-12(8-11(10)2)9-13(15)14(3,4)5/h6-8,13H,9H2,1-5H3. The fourth-order valence-electron chi connectivity index (χ4n) is 1.44. The Morgan fingerprint density at radius 1 is 1.13 bits per heavy atom. The van der Waals surface area contributed by atoms with Crippen molar-refractivity contribution in [2.45, 2.75) is 45.9 Å². The van der Waals surface area contributed by atoms with Crippen LogP contribution in [-0.4, -0.2) is 4.83 Å². The molecule has 0 saturated carbocycles. The molecule has 0 aliphatic rings. The van der Waals surface area contributed by atoms with Crippen LogP contribution in [0.25, 0.3) is 0 Å². The third-order valence-electron chi connectivity index (χ3n) is 2.93. The van der Waals surface area contributed by atoms with Gasteiger partial charge in [0.05, 0.1) is 0 Å². The molecule has 0 aliphatic heterocycles. The van der Waals surface area contributed by atoms with Gasteiger partial charge in [0.15, 0.2) is 0 Å². The highest BCUT2D eigenvalue weighted by Gasteiger charge is 2.21. The Morgan fingerprint density at radius 2 is 1.73 bits per heavy atom. The second-order valence-corrected chi connectivity index (χ2v) is 6.56. The molecule has 0 heterocycles. The molecule has 1 atom stereocenters. The maximum atomic E-state index is 3.78. The van der Waals surface area contributed by atoms with E-state index in [1.807, 2.05) is 0 Å². The molecule has 0 N–H and O–H groups in total. The number of halogens is 1. The fourth-order valence-corrected chi connectivity index (χ4v) is 1.82. The maximum Gasteiger partial charge on any atom is 0.0234 e. The van der Waals surface area contributed by atoms with Crippen molar-refractivity contribution in [3.63, 3.8) is 0 Å². The molecule has 1 heteroatoms. The van der Waals surface area contributed by atoms with Crippen LogP contribution in [0.1, 0.15) is 37.5 Å². The van der Waals surface area contributed by atoms with Gasteiger partial charge in [-0.25, -0.2) is 0 Å². The van der Waals surface area contributed by atoms with Crippen molar-refractivity contribution in [2.24, 2.45) is 5.41 Å². The van der Waals surface area contributed by atoms with Gasteiger partial charge in [0.2, 0.25) is 0 Å². The summed E-state index contributed by atoms with van der Waals surface area (Å²) >= 11 is 3.78. The predicted octanol–water partition coefficient (Wildman–Crippen LogP) is 4.66. The highest BCUT2D eigenvalue weighted by atomic mass is 79.9. The highest BCUT2D eigenvalue weighted by molar-refractivity contribution is 9.09. The molecule has 0 spiro atoms. The molecule has 15 heavy (non-hydrogen) atoms. The van der Waals surface area contributed by atoms with Crippen LogP contribution in [0.15, 0.2) is 18.2 Å². The van der Waals surface area contributed by atoms with E-state index < -0.39 is 0 Å². The van der Waals surface area contributed by atoms with Crippen LogP contribution < -0.4 is 0 Å². The Kier molecular flexibility index (Phi) is 3.99. The minimum atomic E-state index is 0.318.